The Morgan fingerprint density at radius 2 is 1.73 bits per heavy atom. The van der Waals surface area contributed by atoms with Crippen molar-refractivity contribution in [3.63, 3.8) is 0 Å². The Morgan fingerprint density at radius 3 is 2.38 bits per heavy atom. The maximum atomic E-state index is 12.3. The number of thiophene rings is 1. The first-order valence-electron chi connectivity index (χ1n) is 7.93. The number of thioether (sulfide) groups is 1. The van der Waals surface area contributed by atoms with Crippen molar-refractivity contribution in [2.24, 2.45) is 0 Å². The monoisotopic (exact) mass is 383 g/mol. The predicted molar refractivity (Wildman–Crippen MR) is 106 cm³/mol. The number of amides is 1. The summed E-state index contributed by atoms with van der Waals surface area (Å²) in [5, 5.41) is 13.4. The molecule has 0 aliphatic heterocycles. The van der Waals surface area contributed by atoms with E-state index in [1.807, 2.05) is 12.1 Å². The lowest BCUT2D eigenvalue weighted by Crippen LogP contribution is -2.13. The number of carbonyl (C=O) groups excluding carboxylic acids is 1. The second-order valence-electron chi connectivity index (χ2n) is 5.72. The molecule has 26 heavy (non-hydrogen) atoms. The van der Waals surface area contributed by atoms with Crippen molar-refractivity contribution in [1.29, 1.82) is 0 Å². The van der Waals surface area contributed by atoms with Gasteiger partial charge in [-0.25, -0.2) is 4.79 Å². The van der Waals surface area contributed by atoms with Crippen molar-refractivity contribution in [2.75, 3.05) is 5.32 Å². The first kappa shape index (κ1) is 18.2. The molecule has 0 radical (unpaired) electrons. The number of carboxylic acids is 1. The van der Waals surface area contributed by atoms with Gasteiger partial charge in [0, 0.05) is 16.2 Å². The topological polar surface area (TPSA) is 66.4 Å². The third-order valence-corrected chi connectivity index (χ3v) is 5.74. The summed E-state index contributed by atoms with van der Waals surface area (Å²) in [6, 6.07) is 17.3. The smallest absolute Gasteiger partial charge is 0.348 e. The van der Waals surface area contributed by atoms with Gasteiger partial charge in [0.25, 0.3) is 5.91 Å². The predicted octanol–water partition coefficient (Wildman–Crippen LogP) is 5.30. The van der Waals surface area contributed by atoms with Crippen LogP contribution in [-0.4, -0.2) is 17.0 Å². The van der Waals surface area contributed by atoms with Gasteiger partial charge in [0.05, 0.1) is 5.69 Å². The molecule has 0 aliphatic rings. The fourth-order valence-corrected chi connectivity index (χ4v) is 3.86. The second-order valence-corrected chi connectivity index (χ2v) is 7.69. The van der Waals surface area contributed by atoms with Crippen LogP contribution in [0.15, 0.2) is 64.9 Å². The van der Waals surface area contributed by atoms with Crippen molar-refractivity contribution in [2.45, 2.75) is 17.6 Å². The van der Waals surface area contributed by atoms with E-state index < -0.39 is 5.97 Å². The molecule has 0 saturated heterocycles. The summed E-state index contributed by atoms with van der Waals surface area (Å²) in [5.41, 5.74) is 3.18. The molecule has 0 fully saturated rings. The minimum absolute atomic E-state index is 0.129. The van der Waals surface area contributed by atoms with E-state index in [1.54, 1.807) is 35.3 Å². The number of nitrogens with one attached hydrogen (secondary N) is 1. The first-order valence-corrected chi connectivity index (χ1v) is 9.80. The zero-order valence-corrected chi connectivity index (χ0v) is 15.7. The van der Waals surface area contributed by atoms with Crippen LogP contribution in [0.3, 0.4) is 0 Å². The minimum Gasteiger partial charge on any atom is -0.477 e. The average molecular weight is 383 g/mol. The van der Waals surface area contributed by atoms with Crippen molar-refractivity contribution in [3.05, 3.63) is 81.5 Å². The zero-order valence-electron chi connectivity index (χ0n) is 14.1. The fourth-order valence-electron chi connectivity index (χ4n) is 2.32. The van der Waals surface area contributed by atoms with Crippen molar-refractivity contribution in [1.82, 2.24) is 0 Å². The van der Waals surface area contributed by atoms with Gasteiger partial charge in [-0.1, -0.05) is 29.8 Å². The van der Waals surface area contributed by atoms with Crippen LogP contribution in [0.25, 0.3) is 0 Å². The molecule has 2 N–H and O–H groups in total. The van der Waals surface area contributed by atoms with E-state index in [9.17, 15) is 9.59 Å². The molecule has 0 unspecified atom stereocenters. The lowest BCUT2D eigenvalue weighted by Gasteiger charge is -2.06. The first-order chi connectivity index (χ1) is 12.5. The zero-order chi connectivity index (χ0) is 18.5. The summed E-state index contributed by atoms with van der Waals surface area (Å²) in [4.78, 5) is 24.7. The Labute approximate surface area is 159 Å². The molecule has 132 valence electrons. The van der Waals surface area contributed by atoms with Crippen molar-refractivity contribution < 1.29 is 14.7 Å². The molecule has 0 spiro atoms. The van der Waals surface area contributed by atoms with E-state index >= 15 is 0 Å². The Morgan fingerprint density at radius 1 is 1.04 bits per heavy atom. The Hall–Kier alpha value is -2.57. The summed E-state index contributed by atoms with van der Waals surface area (Å²) < 4.78 is 0. The molecule has 1 aromatic heterocycles. The molecule has 2 aromatic carbocycles. The van der Waals surface area contributed by atoms with E-state index in [0.717, 1.165) is 22.7 Å². The van der Waals surface area contributed by atoms with Gasteiger partial charge in [0.2, 0.25) is 0 Å². The lowest BCUT2D eigenvalue weighted by atomic mass is 10.1. The standard InChI is InChI=1S/C20H17NO3S2/c1-13-2-8-16(9-3-13)26-12-14-4-6-15(7-5-14)19(22)21-17-10-11-25-18(17)20(23)24/h2-11H,12H2,1H3,(H,21,22)(H,23,24). The van der Waals surface area contributed by atoms with Gasteiger partial charge in [-0.2, -0.15) is 0 Å². The van der Waals surface area contributed by atoms with Gasteiger partial charge >= 0.3 is 5.97 Å². The molecule has 0 bridgehead atoms. The second kappa shape index (κ2) is 8.21. The number of anilines is 1. The summed E-state index contributed by atoms with van der Waals surface area (Å²) in [6.07, 6.45) is 0. The summed E-state index contributed by atoms with van der Waals surface area (Å²) in [6.45, 7) is 2.06. The number of carbonyl (C=O) groups is 2. The molecule has 0 saturated carbocycles. The largest absolute Gasteiger partial charge is 0.477 e. The quantitative estimate of drug-likeness (QED) is 0.567. The number of hydrogen-bond acceptors (Lipinski definition) is 4. The maximum Gasteiger partial charge on any atom is 0.348 e. The van der Waals surface area contributed by atoms with Gasteiger partial charge < -0.3 is 10.4 Å². The lowest BCUT2D eigenvalue weighted by molar-refractivity contribution is 0.0703. The highest BCUT2D eigenvalue weighted by Crippen LogP contribution is 2.24. The maximum absolute atomic E-state index is 12.3. The van der Waals surface area contributed by atoms with Gasteiger partial charge in [-0.3, -0.25) is 4.79 Å². The highest BCUT2D eigenvalue weighted by atomic mass is 32.2. The average Bonchev–Trinajstić information content (AvgIpc) is 3.10. The molecule has 3 rings (SSSR count). The van der Waals surface area contributed by atoms with Crippen LogP contribution >= 0.6 is 23.1 Å². The molecule has 6 heteroatoms. The molecular formula is C20H17NO3S2. The Balaban J connectivity index is 1.61. The molecule has 4 nitrogen and oxygen atoms in total. The van der Waals surface area contributed by atoms with Crippen LogP contribution in [0.1, 0.15) is 31.2 Å². The van der Waals surface area contributed by atoms with E-state index in [4.69, 9.17) is 5.11 Å². The van der Waals surface area contributed by atoms with Crippen LogP contribution in [0.4, 0.5) is 5.69 Å². The van der Waals surface area contributed by atoms with E-state index in [2.05, 4.69) is 36.5 Å². The minimum atomic E-state index is -1.04. The van der Waals surface area contributed by atoms with E-state index in [0.29, 0.717) is 11.3 Å². The SMILES string of the molecule is Cc1ccc(SCc2ccc(C(=O)Nc3ccsc3C(=O)O)cc2)cc1. The molecule has 1 amide bonds. The van der Waals surface area contributed by atoms with Crippen LogP contribution in [0.5, 0.6) is 0 Å². The summed E-state index contributed by atoms with van der Waals surface area (Å²) in [5.74, 6) is -0.541. The third kappa shape index (κ3) is 4.53. The Kier molecular flexibility index (Phi) is 5.75. The van der Waals surface area contributed by atoms with Crippen LogP contribution < -0.4 is 5.32 Å². The summed E-state index contributed by atoms with van der Waals surface area (Å²) in [7, 11) is 0. The number of carboxylic acid groups (broad SMARTS) is 1. The van der Waals surface area contributed by atoms with Crippen LogP contribution in [0.2, 0.25) is 0 Å². The number of hydrogen-bond donors (Lipinski definition) is 2. The van der Waals surface area contributed by atoms with Gasteiger partial charge in [-0.15, -0.1) is 23.1 Å². The Bertz CT molecular complexity index is 915. The molecule has 1 heterocycles. The number of benzene rings is 2. The molecule has 3 aromatic rings. The highest BCUT2D eigenvalue weighted by molar-refractivity contribution is 7.98. The van der Waals surface area contributed by atoms with E-state index in [1.165, 1.54) is 10.5 Å². The highest BCUT2D eigenvalue weighted by Gasteiger charge is 2.14. The number of aromatic carboxylic acids is 1. The van der Waals surface area contributed by atoms with Gasteiger partial charge in [-0.05, 0) is 48.2 Å². The van der Waals surface area contributed by atoms with Crippen molar-refractivity contribution >= 4 is 40.7 Å². The van der Waals surface area contributed by atoms with Gasteiger partial charge in [0.15, 0.2) is 0 Å². The molecule has 0 atom stereocenters. The fraction of sp³-hybridized carbons (Fsp3) is 0.100. The van der Waals surface area contributed by atoms with Gasteiger partial charge in [0.1, 0.15) is 4.88 Å². The number of aryl methyl sites for hydroxylation is 1. The normalized spacial score (nSPS) is 10.5. The molecule has 0 aliphatic carbocycles. The van der Waals surface area contributed by atoms with Crippen LogP contribution in [0, 0.1) is 6.92 Å². The number of rotatable bonds is 6. The summed E-state index contributed by atoms with van der Waals surface area (Å²) >= 11 is 2.83. The van der Waals surface area contributed by atoms with Crippen LogP contribution in [-0.2, 0) is 5.75 Å². The third-order valence-electron chi connectivity index (χ3n) is 3.75. The molecular weight excluding hydrogens is 366 g/mol. The van der Waals surface area contributed by atoms with Crippen molar-refractivity contribution in [3.8, 4) is 0 Å². The van der Waals surface area contributed by atoms with E-state index in [-0.39, 0.29) is 10.8 Å².